The summed E-state index contributed by atoms with van der Waals surface area (Å²) in [6.45, 7) is 2.94. The zero-order valence-electron chi connectivity index (χ0n) is 10.0. The van der Waals surface area contributed by atoms with Gasteiger partial charge in [0.25, 0.3) is 0 Å². The molecule has 5 heteroatoms. The van der Waals surface area contributed by atoms with Crippen molar-refractivity contribution in [2.45, 2.75) is 24.0 Å². The lowest BCUT2D eigenvalue weighted by Gasteiger charge is -2.13. The Bertz CT molecular complexity index is 314. The van der Waals surface area contributed by atoms with E-state index in [1.54, 1.807) is 23.1 Å². The number of aliphatic hydroxyl groups excluding tert-OH is 1. The number of hydrogen-bond acceptors (Lipinski definition) is 4. The highest BCUT2D eigenvalue weighted by atomic mass is 32.2. The molecule has 0 aromatic carbocycles. The van der Waals surface area contributed by atoms with Crippen molar-refractivity contribution in [1.29, 1.82) is 0 Å². The molecule has 2 N–H and O–H groups in total. The Labute approximate surface area is 111 Å². The van der Waals surface area contributed by atoms with Gasteiger partial charge in [0.15, 0.2) is 0 Å². The molecule has 0 bridgehead atoms. The first kappa shape index (κ1) is 14.5. The summed E-state index contributed by atoms with van der Waals surface area (Å²) >= 11 is 3.22. The predicted molar refractivity (Wildman–Crippen MR) is 73.5 cm³/mol. The van der Waals surface area contributed by atoms with Gasteiger partial charge in [-0.25, -0.2) is 0 Å². The Morgan fingerprint density at radius 2 is 2.47 bits per heavy atom. The predicted octanol–water partition coefficient (Wildman–Crippen LogP) is 2.37. The smallest absolute Gasteiger partial charge is 0.230 e. The van der Waals surface area contributed by atoms with Crippen molar-refractivity contribution < 1.29 is 9.90 Å². The van der Waals surface area contributed by atoms with E-state index in [2.05, 4.69) is 12.2 Å². The summed E-state index contributed by atoms with van der Waals surface area (Å²) in [6.07, 6.45) is 1.74. The largest absolute Gasteiger partial charge is 0.396 e. The number of carbonyl (C=O) groups excluding carboxylic acids is 1. The van der Waals surface area contributed by atoms with Crippen LogP contribution < -0.4 is 5.32 Å². The van der Waals surface area contributed by atoms with Gasteiger partial charge in [-0.2, -0.15) is 0 Å². The second-order valence-electron chi connectivity index (χ2n) is 3.81. The second-order valence-corrected chi connectivity index (χ2v) is 6.03. The summed E-state index contributed by atoms with van der Waals surface area (Å²) in [4.78, 5) is 11.6. The third-order valence-corrected chi connectivity index (χ3v) is 4.67. The van der Waals surface area contributed by atoms with E-state index in [1.807, 2.05) is 17.5 Å². The summed E-state index contributed by atoms with van der Waals surface area (Å²) in [7, 11) is 0. The molecule has 0 saturated carbocycles. The SMILES string of the molecule is CCC(CCO)CNC(=O)CSc1cccs1. The van der Waals surface area contributed by atoms with E-state index >= 15 is 0 Å². The standard InChI is InChI=1S/C12H19NO2S2/c1-2-10(5-6-14)8-13-11(15)9-17-12-4-3-7-16-12/h3-4,7,10,14H,2,5-6,8-9H2,1H3,(H,13,15). The minimum absolute atomic E-state index is 0.0692. The lowest BCUT2D eigenvalue weighted by atomic mass is 10.0. The normalized spacial score (nSPS) is 12.4. The number of rotatable bonds is 8. The van der Waals surface area contributed by atoms with Gasteiger partial charge in [-0.05, 0) is 23.8 Å². The third-order valence-electron chi connectivity index (χ3n) is 2.54. The molecule has 0 aliphatic carbocycles. The molecule has 1 amide bonds. The van der Waals surface area contributed by atoms with Crippen molar-refractivity contribution in [3.8, 4) is 0 Å². The first-order chi connectivity index (χ1) is 8.26. The molecule has 1 heterocycles. The van der Waals surface area contributed by atoms with Crippen molar-refractivity contribution in [3.05, 3.63) is 17.5 Å². The van der Waals surface area contributed by atoms with Crippen LogP contribution in [0, 0.1) is 5.92 Å². The molecule has 0 aliphatic heterocycles. The summed E-state index contributed by atoms with van der Waals surface area (Å²) in [5, 5.41) is 13.8. The first-order valence-electron chi connectivity index (χ1n) is 5.80. The molecule has 1 rings (SSSR count). The second kappa shape index (κ2) is 8.55. The van der Waals surface area contributed by atoms with E-state index in [4.69, 9.17) is 5.11 Å². The molecular weight excluding hydrogens is 254 g/mol. The zero-order chi connectivity index (χ0) is 12.5. The maximum Gasteiger partial charge on any atom is 0.230 e. The lowest BCUT2D eigenvalue weighted by Crippen LogP contribution is -2.30. The minimum Gasteiger partial charge on any atom is -0.396 e. The van der Waals surface area contributed by atoms with Gasteiger partial charge < -0.3 is 10.4 Å². The maximum absolute atomic E-state index is 11.6. The average Bonchev–Trinajstić information content (AvgIpc) is 2.85. The maximum atomic E-state index is 11.6. The van der Waals surface area contributed by atoms with Crippen molar-refractivity contribution in [3.63, 3.8) is 0 Å². The Morgan fingerprint density at radius 3 is 3.06 bits per heavy atom. The molecule has 0 saturated heterocycles. The van der Waals surface area contributed by atoms with Crippen LogP contribution in [0.25, 0.3) is 0 Å². The number of nitrogens with one attached hydrogen (secondary N) is 1. The van der Waals surface area contributed by atoms with Gasteiger partial charge in [0.2, 0.25) is 5.91 Å². The molecule has 1 unspecified atom stereocenters. The molecular formula is C12H19NO2S2. The first-order valence-corrected chi connectivity index (χ1v) is 7.66. The van der Waals surface area contributed by atoms with Crippen LogP contribution in [0.5, 0.6) is 0 Å². The molecule has 0 spiro atoms. The van der Waals surface area contributed by atoms with Crippen molar-refractivity contribution in [2.75, 3.05) is 18.9 Å². The van der Waals surface area contributed by atoms with Gasteiger partial charge in [-0.1, -0.05) is 19.4 Å². The van der Waals surface area contributed by atoms with E-state index in [-0.39, 0.29) is 12.5 Å². The quantitative estimate of drug-likeness (QED) is 0.715. The van der Waals surface area contributed by atoms with Gasteiger partial charge in [-0.15, -0.1) is 23.1 Å². The summed E-state index contributed by atoms with van der Waals surface area (Å²) in [5.74, 6) is 0.922. The van der Waals surface area contributed by atoms with Gasteiger partial charge in [-0.3, -0.25) is 4.79 Å². The molecule has 3 nitrogen and oxygen atoms in total. The Hall–Kier alpha value is -0.520. The van der Waals surface area contributed by atoms with Gasteiger partial charge >= 0.3 is 0 Å². The molecule has 17 heavy (non-hydrogen) atoms. The fourth-order valence-electron chi connectivity index (χ4n) is 1.42. The van der Waals surface area contributed by atoms with Crippen LogP contribution in [-0.4, -0.2) is 29.9 Å². The molecule has 1 aromatic rings. The van der Waals surface area contributed by atoms with Crippen LogP contribution in [0.1, 0.15) is 19.8 Å². The molecule has 1 atom stereocenters. The van der Waals surface area contributed by atoms with Crippen LogP contribution in [-0.2, 0) is 4.79 Å². The Morgan fingerprint density at radius 1 is 1.65 bits per heavy atom. The van der Waals surface area contributed by atoms with Gasteiger partial charge in [0.05, 0.1) is 9.96 Å². The number of thioether (sulfide) groups is 1. The fourth-order valence-corrected chi connectivity index (χ4v) is 3.04. The summed E-state index contributed by atoms with van der Waals surface area (Å²) in [5.41, 5.74) is 0. The van der Waals surface area contributed by atoms with Crippen molar-refractivity contribution in [1.82, 2.24) is 5.32 Å². The summed E-state index contributed by atoms with van der Waals surface area (Å²) in [6, 6.07) is 4.00. The highest BCUT2D eigenvalue weighted by Gasteiger charge is 2.08. The van der Waals surface area contributed by atoms with Crippen LogP contribution in [0.2, 0.25) is 0 Å². The third kappa shape index (κ3) is 6.10. The Balaban J connectivity index is 2.16. The zero-order valence-corrected chi connectivity index (χ0v) is 11.6. The minimum atomic E-state index is 0.0692. The topological polar surface area (TPSA) is 49.3 Å². The van der Waals surface area contributed by atoms with Gasteiger partial charge in [0, 0.05) is 13.2 Å². The number of carbonyl (C=O) groups is 1. The Kier molecular flexibility index (Phi) is 7.32. The van der Waals surface area contributed by atoms with Crippen molar-refractivity contribution in [2.24, 2.45) is 5.92 Å². The van der Waals surface area contributed by atoms with E-state index in [0.29, 0.717) is 18.2 Å². The molecule has 0 fully saturated rings. The lowest BCUT2D eigenvalue weighted by molar-refractivity contribution is -0.118. The van der Waals surface area contributed by atoms with Gasteiger partial charge in [0.1, 0.15) is 0 Å². The highest BCUT2D eigenvalue weighted by molar-refractivity contribution is 8.01. The summed E-state index contributed by atoms with van der Waals surface area (Å²) < 4.78 is 1.17. The van der Waals surface area contributed by atoms with Crippen LogP contribution in [0.15, 0.2) is 21.7 Å². The van der Waals surface area contributed by atoms with Crippen molar-refractivity contribution >= 4 is 29.0 Å². The number of thiophene rings is 1. The molecule has 1 aromatic heterocycles. The molecule has 96 valence electrons. The monoisotopic (exact) mass is 273 g/mol. The van der Waals surface area contributed by atoms with Crippen LogP contribution >= 0.6 is 23.1 Å². The molecule has 0 radical (unpaired) electrons. The highest BCUT2D eigenvalue weighted by Crippen LogP contribution is 2.22. The van der Waals surface area contributed by atoms with Crippen LogP contribution in [0.3, 0.4) is 0 Å². The molecule has 0 aliphatic rings. The van der Waals surface area contributed by atoms with E-state index < -0.39 is 0 Å². The number of hydrogen-bond donors (Lipinski definition) is 2. The van der Waals surface area contributed by atoms with E-state index in [9.17, 15) is 4.79 Å². The van der Waals surface area contributed by atoms with Crippen LogP contribution in [0.4, 0.5) is 0 Å². The number of amides is 1. The fraction of sp³-hybridized carbons (Fsp3) is 0.583. The average molecular weight is 273 g/mol. The number of aliphatic hydroxyl groups is 1. The van der Waals surface area contributed by atoms with E-state index in [0.717, 1.165) is 12.8 Å². The van der Waals surface area contributed by atoms with E-state index in [1.165, 1.54) is 4.21 Å².